The van der Waals surface area contributed by atoms with E-state index in [2.05, 4.69) is 0 Å². The highest BCUT2D eigenvalue weighted by atomic mass is 16.4. The van der Waals surface area contributed by atoms with Crippen molar-refractivity contribution in [1.82, 2.24) is 0 Å². The van der Waals surface area contributed by atoms with Crippen LogP contribution in [0.25, 0.3) is 6.08 Å². The number of carbonyl (C=O) groups is 1. The molecule has 0 aromatic heterocycles. The molecule has 1 aromatic rings. The smallest absolute Gasteiger partial charge is 0.328 e. The second kappa shape index (κ2) is 4.46. The Labute approximate surface area is 82.3 Å². The van der Waals surface area contributed by atoms with Crippen LogP contribution in [0.2, 0.25) is 0 Å². The number of aliphatic carboxylic acids is 1. The highest BCUT2D eigenvalue weighted by Crippen LogP contribution is 2.19. The maximum absolute atomic E-state index is 10.2. The standard InChI is InChI=1S/C11H12O3/c1-2-9-5-3-8(7-10(9)12)4-6-11(13)14/h3-7,12H,2H2,1H3,(H,13,14). The lowest BCUT2D eigenvalue weighted by atomic mass is 10.1. The van der Waals surface area contributed by atoms with Gasteiger partial charge < -0.3 is 10.2 Å². The van der Waals surface area contributed by atoms with E-state index in [0.29, 0.717) is 5.56 Å². The number of phenols is 1. The molecule has 0 aliphatic rings. The highest BCUT2D eigenvalue weighted by molar-refractivity contribution is 5.85. The minimum absolute atomic E-state index is 0.208. The molecule has 3 heteroatoms. The van der Waals surface area contributed by atoms with Gasteiger partial charge in [0.15, 0.2) is 0 Å². The van der Waals surface area contributed by atoms with Gasteiger partial charge in [-0.25, -0.2) is 4.79 Å². The molecule has 0 saturated carbocycles. The summed E-state index contributed by atoms with van der Waals surface area (Å²) in [4.78, 5) is 10.2. The molecule has 0 radical (unpaired) electrons. The minimum Gasteiger partial charge on any atom is -0.508 e. The third kappa shape index (κ3) is 2.62. The van der Waals surface area contributed by atoms with Gasteiger partial charge in [-0.3, -0.25) is 0 Å². The summed E-state index contributed by atoms with van der Waals surface area (Å²) in [6.45, 7) is 1.95. The van der Waals surface area contributed by atoms with E-state index in [0.717, 1.165) is 18.1 Å². The predicted octanol–water partition coefficient (Wildman–Crippen LogP) is 2.05. The molecule has 0 aliphatic carbocycles. The fraction of sp³-hybridized carbons (Fsp3) is 0.182. The number of hydrogen-bond donors (Lipinski definition) is 2. The van der Waals surface area contributed by atoms with Crippen molar-refractivity contribution < 1.29 is 15.0 Å². The minimum atomic E-state index is -0.996. The number of rotatable bonds is 3. The van der Waals surface area contributed by atoms with Crippen molar-refractivity contribution in [1.29, 1.82) is 0 Å². The number of phenolic OH excluding ortho intramolecular Hbond substituents is 1. The maximum atomic E-state index is 10.2. The van der Waals surface area contributed by atoms with Crippen LogP contribution >= 0.6 is 0 Å². The number of carboxylic acid groups (broad SMARTS) is 1. The second-order valence-electron chi connectivity index (χ2n) is 2.91. The molecule has 0 atom stereocenters. The Kier molecular flexibility index (Phi) is 3.29. The van der Waals surface area contributed by atoms with Gasteiger partial charge >= 0.3 is 5.97 Å². The Morgan fingerprint density at radius 2 is 2.21 bits per heavy atom. The van der Waals surface area contributed by atoms with Crippen LogP contribution in [0.3, 0.4) is 0 Å². The van der Waals surface area contributed by atoms with Crippen molar-refractivity contribution in [3.05, 3.63) is 35.4 Å². The average Bonchev–Trinajstić information content (AvgIpc) is 2.15. The zero-order valence-electron chi connectivity index (χ0n) is 7.90. The number of hydrogen-bond acceptors (Lipinski definition) is 2. The lowest BCUT2D eigenvalue weighted by Crippen LogP contribution is -1.86. The van der Waals surface area contributed by atoms with Crippen LogP contribution < -0.4 is 0 Å². The topological polar surface area (TPSA) is 57.5 Å². The van der Waals surface area contributed by atoms with Gasteiger partial charge in [-0.05, 0) is 29.7 Å². The number of carboxylic acids is 1. The third-order valence-corrected chi connectivity index (χ3v) is 1.91. The summed E-state index contributed by atoms with van der Waals surface area (Å²) in [6, 6.07) is 5.12. The van der Waals surface area contributed by atoms with Crippen LogP contribution in [0.4, 0.5) is 0 Å². The molecule has 74 valence electrons. The molecule has 0 unspecified atom stereocenters. The van der Waals surface area contributed by atoms with Gasteiger partial charge in [-0.15, -0.1) is 0 Å². The monoisotopic (exact) mass is 192 g/mol. The van der Waals surface area contributed by atoms with Crippen LogP contribution in [0.5, 0.6) is 5.75 Å². The van der Waals surface area contributed by atoms with Crippen LogP contribution in [0, 0.1) is 0 Å². The Bertz CT molecular complexity index is 367. The Morgan fingerprint density at radius 3 is 2.71 bits per heavy atom. The van der Waals surface area contributed by atoms with Crippen LogP contribution in [-0.4, -0.2) is 16.2 Å². The molecular formula is C11H12O3. The first-order valence-electron chi connectivity index (χ1n) is 4.36. The molecule has 0 amide bonds. The first kappa shape index (κ1) is 10.3. The molecule has 3 nitrogen and oxygen atoms in total. The van der Waals surface area contributed by atoms with Gasteiger partial charge in [0.2, 0.25) is 0 Å². The Hall–Kier alpha value is -1.77. The molecule has 0 aliphatic heterocycles. The first-order chi connectivity index (χ1) is 6.63. The second-order valence-corrected chi connectivity index (χ2v) is 2.91. The summed E-state index contributed by atoms with van der Waals surface area (Å²) >= 11 is 0. The molecule has 2 N–H and O–H groups in total. The molecular weight excluding hydrogens is 180 g/mol. The van der Waals surface area contributed by atoms with Gasteiger partial charge in [0, 0.05) is 6.08 Å². The number of benzene rings is 1. The maximum Gasteiger partial charge on any atom is 0.328 e. The Balaban J connectivity index is 2.91. The summed E-state index contributed by atoms with van der Waals surface area (Å²) in [5.74, 6) is -0.788. The third-order valence-electron chi connectivity index (χ3n) is 1.91. The molecule has 0 heterocycles. The van der Waals surface area contributed by atoms with Crippen molar-refractivity contribution >= 4 is 12.0 Å². The van der Waals surface area contributed by atoms with Crippen molar-refractivity contribution in [3.63, 3.8) is 0 Å². The molecule has 14 heavy (non-hydrogen) atoms. The molecule has 0 saturated heterocycles. The van der Waals surface area contributed by atoms with Crippen molar-refractivity contribution in [2.75, 3.05) is 0 Å². The van der Waals surface area contributed by atoms with E-state index >= 15 is 0 Å². The molecule has 1 rings (SSSR count). The summed E-state index contributed by atoms with van der Waals surface area (Å²) in [7, 11) is 0. The van der Waals surface area contributed by atoms with E-state index in [9.17, 15) is 9.90 Å². The number of aryl methyl sites for hydroxylation is 1. The van der Waals surface area contributed by atoms with Crippen LogP contribution in [-0.2, 0) is 11.2 Å². The Morgan fingerprint density at radius 1 is 1.50 bits per heavy atom. The number of aromatic hydroxyl groups is 1. The fourth-order valence-corrected chi connectivity index (χ4v) is 1.15. The van der Waals surface area contributed by atoms with E-state index in [1.807, 2.05) is 6.92 Å². The van der Waals surface area contributed by atoms with Crippen molar-refractivity contribution in [3.8, 4) is 5.75 Å². The zero-order valence-corrected chi connectivity index (χ0v) is 7.90. The van der Waals surface area contributed by atoms with E-state index < -0.39 is 5.97 Å². The van der Waals surface area contributed by atoms with Gasteiger partial charge in [0.1, 0.15) is 5.75 Å². The van der Waals surface area contributed by atoms with E-state index in [-0.39, 0.29) is 5.75 Å². The van der Waals surface area contributed by atoms with E-state index in [1.165, 1.54) is 6.08 Å². The summed E-state index contributed by atoms with van der Waals surface area (Å²) in [5, 5.41) is 17.9. The molecule has 1 aromatic carbocycles. The fourth-order valence-electron chi connectivity index (χ4n) is 1.15. The van der Waals surface area contributed by atoms with Crippen LogP contribution in [0.1, 0.15) is 18.1 Å². The van der Waals surface area contributed by atoms with E-state index in [1.54, 1.807) is 18.2 Å². The first-order valence-corrected chi connectivity index (χ1v) is 4.36. The summed E-state index contributed by atoms with van der Waals surface area (Å²) in [6.07, 6.45) is 3.25. The van der Waals surface area contributed by atoms with Gasteiger partial charge in [0.05, 0.1) is 0 Å². The average molecular weight is 192 g/mol. The molecule has 0 spiro atoms. The van der Waals surface area contributed by atoms with Gasteiger partial charge in [-0.2, -0.15) is 0 Å². The zero-order chi connectivity index (χ0) is 10.6. The van der Waals surface area contributed by atoms with E-state index in [4.69, 9.17) is 5.11 Å². The highest BCUT2D eigenvalue weighted by Gasteiger charge is 1.98. The lowest BCUT2D eigenvalue weighted by molar-refractivity contribution is -0.131. The van der Waals surface area contributed by atoms with Crippen molar-refractivity contribution in [2.24, 2.45) is 0 Å². The van der Waals surface area contributed by atoms with Crippen molar-refractivity contribution in [2.45, 2.75) is 13.3 Å². The molecule has 0 bridgehead atoms. The summed E-state index contributed by atoms with van der Waals surface area (Å²) < 4.78 is 0. The lowest BCUT2D eigenvalue weighted by Gasteiger charge is -2.01. The molecule has 0 fully saturated rings. The summed E-state index contributed by atoms with van der Waals surface area (Å²) in [5.41, 5.74) is 1.54. The van der Waals surface area contributed by atoms with Crippen LogP contribution in [0.15, 0.2) is 24.3 Å². The SMILES string of the molecule is CCc1ccc(C=CC(=O)O)cc1O. The van der Waals surface area contributed by atoms with Gasteiger partial charge in [-0.1, -0.05) is 19.1 Å². The van der Waals surface area contributed by atoms with Gasteiger partial charge in [0.25, 0.3) is 0 Å². The largest absolute Gasteiger partial charge is 0.508 e. The normalized spacial score (nSPS) is 10.6. The quantitative estimate of drug-likeness (QED) is 0.720. The predicted molar refractivity (Wildman–Crippen MR) is 54.2 cm³/mol.